The Morgan fingerprint density at radius 2 is 2.12 bits per heavy atom. The Hall–Kier alpha value is -0.780. The summed E-state index contributed by atoms with van der Waals surface area (Å²) in [5, 5.41) is 0. The minimum absolute atomic E-state index is 0.117. The fourth-order valence-electron chi connectivity index (χ4n) is 2.96. The van der Waals surface area contributed by atoms with Crippen LogP contribution in [0.2, 0.25) is 0 Å². The van der Waals surface area contributed by atoms with Crippen LogP contribution in [0.5, 0.6) is 0 Å². The van der Waals surface area contributed by atoms with Crippen LogP contribution in [0, 0.1) is 17.8 Å². The third kappa shape index (κ3) is 1.59. The topological polar surface area (TPSA) is 18.5 Å². The highest BCUT2D eigenvalue weighted by atomic mass is 16.7. The summed E-state index contributed by atoms with van der Waals surface area (Å²) in [5.41, 5.74) is 1.12. The maximum atomic E-state index is 5.91. The van der Waals surface area contributed by atoms with Crippen LogP contribution in [-0.4, -0.2) is 19.0 Å². The van der Waals surface area contributed by atoms with E-state index >= 15 is 0 Å². The summed E-state index contributed by atoms with van der Waals surface area (Å²) >= 11 is 0. The number of terminal acetylenes is 1. The van der Waals surface area contributed by atoms with Gasteiger partial charge in [-0.25, -0.2) is 0 Å². The molecule has 88 valence electrons. The Bertz CT molecular complexity index is 320. The Morgan fingerprint density at radius 1 is 1.44 bits per heavy atom. The summed E-state index contributed by atoms with van der Waals surface area (Å²) in [4.78, 5) is 0. The van der Waals surface area contributed by atoms with Crippen molar-refractivity contribution < 1.29 is 9.47 Å². The maximum Gasteiger partial charge on any atom is 0.177 e. The third-order valence-corrected chi connectivity index (χ3v) is 4.13. The van der Waals surface area contributed by atoms with Gasteiger partial charge < -0.3 is 9.47 Å². The molecule has 2 nitrogen and oxygen atoms in total. The minimum Gasteiger partial charge on any atom is -0.347 e. The van der Waals surface area contributed by atoms with Gasteiger partial charge >= 0.3 is 0 Å². The van der Waals surface area contributed by atoms with E-state index in [-0.39, 0.29) is 5.41 Å². The van der Waals surface area contributed by atoms with E-state index in [1.807, 2.05) is 0 Å². The van der Waals surface area contributed by atoms with Crippen LogP contribution in [0.15, 0.2) is 12.2 Å². The van der Waals surface area contributed by atoms with Gasteiger partial charge in [-0.3, -0.25) is 0 Å². The monoisotopic (exact) mass is 220 g/mol. The summed E-state index contributed by atoms with van der Waals surface area (Å²) in [6.07, 6.45) is 10.2. The number of rotatable bonds is 2. The summed E-state index contributed by atoms with van der Waals surface area (Å²) in [6.45, 7) is 7.79. The molecule has 0 amide bonds. The van der Waals surface area contributed by atoms with E-state index in [2.05, 4.69) is 19.4 Å². The second-order valence-corrected chi connectivity index (χ2v) is 4.94. The van der Waals surface area contributed by atoms with Gasteiger partial charge in [-0.2, -0.15) is 0 Å². The Morgan fingerprint density at radius 3 is 2.75 bits per heavy atom. The Labute approximate surface area is 98.0 Å². The smallest absolute Gasteiger partial charge is 0.177 e. The molecule has 2 rings (SSSR count). The standard InChI is InChI=1S/C14H20O2/c1-4-5-8-13(3)12(2)7-6-9-14(13)15-10-11-16-14/h1H,2,5-11H2,3H3/t13-/m0/s1. The predicted molar refractivity (Wildman–Crippen MR) is 63.8 cm³/mol. The molecule has 1 saturated heterocycles. The molecule has 1 spiro atoms. The van der Waals surface area contributed by atoms with Crippen molar-refractivity contribution in [1.29, 1.82) is 0 Å². The lowest BCUT2D eigenvalue weighted by Crippen LogP contribution is -2.51. The molecule has 0 aromatic heterocycles. The molecule has 2 heteroatoms. The van der Waals surface area contributed by atoms with Gasteiger partial charge in [-0.1, -0.05) is 19.1 Å². The van der Waals surface area contributed by atoms with Crippen LogP contribution in [-0.2, 0) is 9.47 Å². The largest absolute Gasteiger partial charge is 0.347 e. The van der Waals surface area contributed by atoms with Crippen LogP contribution in [0.1, 0.15) is 39.0 Å². The summed E-state index contributed by atoms with van der Waals surface area (Å²) in [5.74, 6) is 2.27. The van der Waals surface area contributed by atoms with Crippen molar-refractivity contribution >= 4 is 0 Å². The zero-order valence-corrected chi connectivity index (χ0v) is 10.1. The molecule has 1 saturated carbocycles. The molecule has 16 heavy (non-hydrogen) atoms. The van der Waals surface area contributed by atoms with Gasteiger partial charge in [0.05, 0.1) is 13.2 Å². The highest BCUT2D eigenvalue weighted by molar-refractivity contribution is 5.19. The zero-order chi connectivity index (χ0) is 11.6. The van der Waals surface area contributed by atoms with Crippen molar-refractivity contribution in [1.82, 2.24) is 0 Å². The molecule has 0 N–H and O–H groups in total. The quantitative estimate of drug-likeness (QED) is 0.526. The molecule has 1 atom stereocenters. The number of hydrogen-bond donors (Lipinski definition) is 0. The number of hydrogen-bond acceptors (Lipinski definition) is 2. The molecule has 0 radical (unpaired) electrons. The van der Waals surface area contributed by atoms with E-state index < -0.39 is 5.79 Å². The van der Waals surface area contributed by atoms with E-state index in [9.17, 15) is 0 Å². The van der Waals surface area contributed by atoms with Gasteiger partial charge in [-0.05, 0) is 19.3 Å². The van der Waals surface area contributed by atoms with E-state index in [0.717, 1.165) is 32.1 Å². The van der Waals surface area contributed by atoms with Crippen molar-refractivity contribution in [3.63, 3.8) is 0 Å². The summed E-state index contributed by atoms with van der Waals surface area (Å²) in [6, 6.07) is 0. The minimum atomic E-state index is -0.445. The zero-order valence-electron chi connectivity index (χ0n) is 10.1. The fourth-order valence-corrected chi connectivity index (χ4v) is 2.96. The normalized spacial score (nSPS) is 32.9. The first-order valence-electron chi connectivity index (χ1n) is 6.04. The van der Waals surface area contributed by atoms with Gasteiger partial charge in [0.1, 0.15) is 0 Å². The molecule has 1 aliphatic heterocycles. The SMILES string of the molecule is C#CCC[C@@]1(C)C(=C)CCCC12OCCO2. The number of ether oxygens (including phenoxy) is 2. The molecule has 0 aromatic carbocycles. The molecular weight excluding hydrogens is 200 g/mol. The maximum absolute atomic E-state index is 5.91. The van der Waals surface area contributed by atoms with E-state index in [0.29, 0.717) is 13.2 Å². The van der Waals surface area contributed by atoms with E-state index in [1.54, 1.807) is 0 Å². The molecule has 0 unspecified atom stereocenters. The van der Waals surface area contributed by atoms with Crippen LogP contribution < -0.4 is 0 Å². The molecule has 2 aliphatic rings. The fraction of sp³-hybridized carbons (Fsp3) is 0.714. The van der Waals surface area contributed by atoms with Crippen molar-refractivity contribution in [2.24, 2.45) is 5.41 Å². The lowest BCUT2D eigenvalue weighted by Gasteiger charge is -2.49. The molecule has 1 aliphatic carbocycles. The first kappa shape index (κ1) is 11.7. The summed E-state index contributed by atoms with van der Waals surface area (Å²) in [7, 11) is 0. The molecule has 1 heterocycles. The van der Waals surface area contributed by atoms with Crippen LogP contribution >= 0.6 is 0 Å². The second kappa shape index (κ2) is 4.24. The van der Waals surface area contributed by atoms with Crippen molar-refractivity contribution in [2.75, 3.05) is 13.2 Å². The van der Waals surface area contributed by atoms with Crippen molar-refractivity contribution in [3.05, 3.63) is 12.2 Å². The predicted octanol–water partition coefficient (Wildman–Crippen LogP) is 2.89. The average Bonchev–Trinajstić information content (AvgIpc) is 2.74. The van der Waals surface area contributed by atoms with Gasteiger partial charge in [0.25, 0.3) is 0 Å². The second-order valence-electron chi connectivity index (χ2n) is 4.94. The Balaban J connectivity index is 2.27. The van der Waals surface area contributed by atoms with Crippen LogP contribution in [0.3, 0.4) is 0 Å². The van der Waals surface area contributed by atoms with Crippen LogP contribution in [0.25, 0.3) is 0 Å². The molecule has 0 bridgehead atoms. The average molecular weight is 220 g/mol. The molecule has 0 aromatic rings. The first-order chi connectivity index (χ1) is 7.65. The summed E-state index contributed by atoms with van der Waals surface area (Å²) < 4.78 is 11.8. The van der Waals surface area contributed by atoms with Gasteiger partial charge in [0.2, 0.25) is 0 Å². The first-order valence-corrected chi connectivity index (χ1v) is 6.04. The van der Waals surface area contributed by atoms with Crippen molar-refractivity contribution in [3.8, 4) is 12.3 Å². The highest BCUT2D eigenvalue weighted by Crippen LogP contribution is 2.53. The molecule has 2 fully saturated rings. The van der Waals surface area contributed by atoms with E-state index in [1.165, 1.54) is 5.57 Å². The lowest BCUT2D eigenvalue weighted by atomic mass is 9.65. The van der Waals surface area contributed by atoms with Gasteiger partial charge in [0, 0.05) is 18.3 Å². The van der Waals surface area contributed by atoms with E-state index in [4.69, 9.17) is 15.9 Å². The third-order valence-electron chi connectivity index (χ3n) is 4.13. The van der Waals surface area contributed by atoms with Crippen molar-refractivity contribution in [2.45, 2.75) is 44.8 Å². The Kier molecular flexibility index (Phi) is 3.10. The highest BCUT2D eigenvalue weighted by Gasteiger charge is 2.55. The lowest BCUT2D eigenvalue weighted by molar-refractivity contribution is -0.235. The van der Waals surface area contributed by atoms with Gasteiger partial charge in [-0.15, -0.1) is 12.3 Å². The van der Waals surface area contributed by atoms with Crippen LogP contribution in [0.4, 0.5) is 0 Å². The molecular formula is C14H20O2. The van der Waals surface area contributed by atoms with Gasteiger partial charge in [0.15, 0.2) is 5.79 Å².